The van der Waals surface area contributed by atoms with Gasteiger partial charge in [-0.15, -0.1) is 0 Å². The summed E-state index contributed by atoms with van der Waals surface area (Å²) in [6.45, 7) is 7.52. The summed E-state index contributed by atoms with van der Waals surface area (Å²) in [6.07, 6.45) is 0.643. The van der Waals surface area contributed by atoms with Crippen molar-refractivity contribution in [3.8, 4) is 0 Å². The standard InChI is InChI=1S/C12H26N4O3S/c1-12(2,3)13-11(17)15-7-6-8-16(10-9-15)20(18,19)14(4)5/h6-10H2,1-5H3,(H,13,17). The second-order valence-corrected chi connectivity index (χ2v) is 8.35. The number of nitrogens with one attached hydrogen (secondary N) is 1. The fourth-order valence-electron chi connectivity index (χ4n) is 1.96. The largest absolute Gasteiger partial charge is 0.333 e. The van der Waals surface area contributed by atoms with Crippen LogP contribution in [0.25, 0.3) is 0 Å². The van der Waals surface area contributed by atoms with Gasteiger partial charge in [0, 0.05) is 45.8 Å². The maximum Gasteiger partial charge on any atom is 0.317 e. The van der Waals surface area contributed by atoms with E-state index in [0.29, 0.717) is 32.6 Å². The summed E-state index contributed by atoms with van der Waals surface area (Å²) in [5.74, 6) is 0. The average molecular weight is 306 g/mol. The lowest BCUT2D eigenvalue weighted by molar-refractivity contribution is 0.191. The number of carbonyl (C=O) groups excluding carboxylic acids is 1. The van der Waals surface area contributed by atoms with Gasteiger partial charge in [0.05, 0.1) is 0 Å². The number of amides is 2. The molecule has 1 aliphatic heterocycles. The van der Waals surface area contributed by atoms with E-state index in [-0.39, 0.29) is 11.6 Å². The molecule has 1 N–H and O–H groups in total. The van der Waals surface area contributed by atoms with Crippen molar-refractivity contribution < 1.29 is 13.2 Å². The van der Waals surface area contributed by atoms with Gasteiger partial charge in [-0.25, -0.2) is 4.79 Å². The number of hydrogen-bond donors (Lipinski definition) is 1. The van der Waals surface area contributed by atoms with E-state index in [4.69, 9.17) is 0 Å². The SMILES string of the molecule is CN(C)S(=O)(=O)N1CCCN(C(=O)NC(C)(C)C)CC1. The van der Waals surface area contributed by atoms with Gasteiger partial charge in [-0.05, 0) is 27.2 Å². The molecule has 0 aromatic carbocycles. The second-order valence-electron chi connectivity index (χ2n) is 6.21. The highest BCUT2D eigenvalue weighted by Gasteiger charge is 2.29. The molecule has 0 aliphatic carbocycles. The van der Waals surface area contributed by atoms with E-state index < -0.39 is 10.2 Å². The lowest BCUT2D eigenvalue weighted by atomic mass is 10.1. The molecule has 0 aromatic rings. The Morgan fingerprint density at radius 1 is 1.10 bits per heavy atom. The van der Waals surface area contributed by atoms with Crippen molar-refractivity contribution in [2.75, 3.05) is 40.3 Å². The van der Waals surface area contributed by atoms with Crippen LogP contribution in [0, 0.1) is 0 Å². The topological polar surface area (TPSA) is 73.0 Å². The van der Waals surface area contributed by atoms with Crippen molar-refractivity contribution >= 4 is 16.2 Å². The van der Waals surface area contributed by atoms with Crippen LogP contribution in [0.15, 0.2) is 0 Å². The lowest BCUT2D eigenvalue weighted by Crippen LogP contribution is -2.49. The summed E-state index contributed by atoms with van der Waals surface area (Å²) in [7, 11) is -0.363. The van der Waals surface area contributed by atoms with E-state index in [9.17, 15) is 13.2 Å². The molecule has 20 heavy (non-hydrogen) atoms. The molecule has 1 heterocycles. The van der Waals surface area contributed by atoms with Crippen LogP contribution in [0.5, 0.6) is 0 Å². The molecule has 1 rings (SSSR count). The molecule has 1 fully saturated rings. The van der Waals surface area contributed by atoms with Crippen LogP contribution in [-0.4, -0.2) is 73.8 Å². The Kier molecular flexibility index (Phi) is 5.39. The molecule has 118 valence electrons. The predicted molar refractivity (Wildman–Crippen MR) is 78.7 cm³/mol. The van der Waals surface area contributed by atoms with Crippen LogP contribution >= 0.6 is 0 Å². The fourth-order valence-corrected chi connectivity index (χ4v) is 3.09. The van der Waals surface area contributed by atoms with Crippen molar-refractivity contribution in [2.45, 2.75) is 32.7 Å². The van der Waals surface area contributed by atoms with Gasteiger partial charge in [-0.2, -0.15) is 17.0 Å². The van der Waals surface area contributed by atoms with Crippen LogP contribution in [0.2, 0.25) is 0 Å². The Morgan fingerprint density at radius 2 is 1.70 bits per heavy atom. The zero-order chi connectivity index (χ0) is 15.6. The predicted octanol–water partition coefficient (Wildman–Crippen LogP) is 0.309. The van der Waals surface area contributed by atoms with Gasteiger partial charge in [0.25, 0.3) is 10.2 Å². The molecule has 0 atom stereocenters. The number of hydrogen-bond acceptors (Lipinski definition) is 3. The Morgan fingerprint density at radius 3 is 2.20 bits per heavy atom. The monoisotopic (exact) mass is 306 g/mol. The summed E-state index contributed by atoms with van der Waals surface area (Å²) in [4.78, 5) is 13.8. The van der Waals surface area contributed by atoms with E-state index in [2.05, 4.69) is 5.32 Å². The first-order chi connectivity index (χ1) is 9.04. The van der Waals surface area contributed by atoms with E-state index in [0.717, 1.165) is 0 Å². The molecule has 0 radical (unpaired) electrons. The van der Waals surface area contributed by atoms with Crippen LogP contribution in [0.3, 0.4) is 0 Å². The van der Waals surface area contributed by atoms with Gasteiger partial charge in [0.15, 0.2) is 0 Å². The third kappa shape index (κ3) is 4.60. The van der Waals surface area contributed by atoms with Gasteiger partial charge < -0.3 is 10.2 Å². The highest BCUT2D eigenvalue weighted by atomic mass is 32.2. The third-order valence-corrected chi connectivity index (χ3v) is 4.95. The zero-order valence-electron chi connectivity index (χ0n) is 13.0. The van der Waals surface area contributed by atoms with E-state index in [1.54, 1.807) is 4.90 Å². The van der Waals surface area contributed by atoms with Crippen LogP contribution in [-0.2, 0) is 10.2 Å². The molecule has 1 saturated heterocycles. The number of nitrogens with zero attached hydrogens (tertiary/aromatic N) is 3. The van der Waals surface area contributed by atoms with E-state index in [1.165, 1.54) is 22.7 Å². The maximum absolute atomic E-state index is 12.1. The second kappa shape index (κ2) is 6.28. The molecule has 0 bridgehead atoms. The van der Waals surface area contributed by atoms with E-state index >= 15 is 0 Å². The zero-order valence-corrected chi connectivity index (χ0v) is 13.8. The minimum atomic E-state index is -3.40. The Labute approximate surface area is 122 Å². The van der Waals surface area contributed by atoms with Crippen molar-refractivity contribution in [1.82, 2.24) is 18.8 Å². The van der Waals surface area contributed by atoms with Gasteiger partial charge in [0.1, 0.15) is 0 Å². The van der Waals surface area contributed by atoms with Crippen LogP contribution in [0.1, 0.15) is 27.2 Å². The lowest BCUT2D eigenvalue weighted by Gasteiger charge is -2.28. The summed E-state index contributed by atoms with van der Waals surface area (Å²) in [5, 5.41) is 2.90. The van der Waals surface area contributed by atoms with Gasteiger partial charge in [0.2, 0.25) is 0 Å². The number of carbonyl (C=O) groups is 1. The molecule has 0 spiro atoms. The minimum Gasteiger partial charge on any atom is -0.333 e. The van der Waals surface area contributed by atoms with Crippen molar-refractivity contribution in [3.63, 3.8) is 0 Å². The summed E-state index contributed by atoms with van der Waals surface area (Å²) in [5.41, 5.74) is -0.293. The molecule has 8 heteroatoms. The Bertz CT molecular complexity index is 442. The molecular formula is C12H26N4O3S. The maximum atomic E-state index is 12.1. The molecular weight excluding hydrogens is 280 g/mol. The fraction of sp³-hybridized carbons (Fsp3) is 0.917. The van der Waals surface area contributed by atoms with Gasteiger partial charge in [-0.3, -0.25) is 0 Å². The summed E-state index contributed by atoms with van der Waals surface area (Å²) >= 11 is 0. The average Bonchev–Trinajstić information content (AvgIpc) is 2.51. The van der Waals surface area contributed by atoms with Crippen LogP contribution in [0.4, 0.5) is 4.79 Å². The molecule has 2 amide bonds. The highest BCUT2D eigenvalue weighted by Crippen LogP contribution is 2.11. The molecule has 0 unspecified atom stereocenters. The van der Waals surface area contributed by atoms with Gasteiger partial charge in [-0.1, -0.05) is 0 Å². The minimum absolute atomic E-state index is 0.137. The third-order valence-electron chi connectivity index (χ3n) is 3.01. The van der Waals surface area contributed by atoms with Crippen molar-refractivity contribution in [2.24, 2.45) is 0 Å². The number of rotatable bonds is 2. The van der Waals surface area contributed by atoms with Crippen molar-refractivity contribution in [1.29, 1.82) is 0 Å². The van der Waals surface area contributed by atoms with E-state index in [1.807, 2.05) is 20.8 Å². The summed E-state index contributed by atoms with van der Waals surface area (Å²) in [6, 6.07) is -0.137. The molecule has 0 saturated carbocycles. The molecule has 7 nitrogen and oxygen atoms in total. The van der Waals surface area contributed by atoms with Crippen LogP contribution < -0.4 is 5.32 Å². The smallest absolute Gasteiger partial charge is 0.317 e. The van der Waals surface area contributed by atoms with Gasteiger partial charge >= 0.3 is 6.03 Å². The Balaban J connectivity index is 2.67. The van der Waals surface area contributed by atoms with Crippen molar-refractivity contribution in [3.05, 3.63) is 0 Å². The number of urea groups is 1. The molecule has 1 aliphatic rings. The first-order valence-corrected chi connectivity index (χ1v) is 8.18. The molecule has 0 aromatic heterocycles. The Hall–Kier alpha value is -0.860. The highest BCUT2D eigenvalue weighted by molar-refractivity contribution is 7.86. The normalized spacial score (nSPS) is 19.0. The first-order valence-electron chi connectivity index (χ1n) is 6.79. The first kappa shape index (κ1) is 17.2. The summed E-state index contributed by atoms with van der Waals surface area (Å²) < 4.78 is 26.8. The quantitative estimate of drug-likeness (QED) is 0.798.